The lowest BCUT2D eigenvalue weighted by molar-refractivity contribution is -0.136. The molecule has 3 rings (SSSR count). The van der Waals surface area contributed by atoms with E-state index < -0.39 is 12.1 Å². The number of carboxylic acid groups (broad SMARTS) is 1. The molecule has 1 aliphatic heterocycles. The lowest BCUT2D eigenvalue weighted by Crippen LogP contribution is -2.40. The average molecular weight is 442 g/mol. The number of carbonyl (C=O) groups excluding carboxylic acids is 1. The third-order valence-electron chi connectivity index (χ3n) is 4.07. The number of halogens is 2. The Bertz CT molecular complexity index is 892. The maximum atomic E-state index is 12.1. The Morgan fingerprint density at radius 2 is 2.03 bits per heavy atom. The standard InChI is InChI=1S/C18H17Cl2N3O5.CH4/c1-2-13(18-21-7-10(19)8-22-18)28-14-6-15-12(5-11(14)20)23(4-3-17(25)26)16(24)9-27-15;/h5-8,13H,2-4,9H2,1H3,(H,25,26);1H4/t13-;/m0./s1. The van der Waals surface area contributed by atoms with E-state index in [0.29, 0.717) is 34.5 Å². The molecular formula is C19H21Cl2N3O5. The SMILES string of the molecule is C.CC[C@H](Oc1cc2c(cc1Cl)N(CCC(=O)O)C(=O)CO2)c1ncc(Cl)cn1. The normalized spacial score (nSPS) is 13.8. The fraction of sp³-hybridized carbons (Fsp3) is 0.368. The summed E-state index contributed by atoms with van der Waals surface area (Å²) in [6.45, 7) is 1.75. The molecule has 1 aromatic heterocycles. The van der Waals surface area contributed by atoms with E-state index in [9.17, 15) is 9.59 Å². The van der Waals surface area contributed by atoms with Crippen molar-refractivity contribution in [2.45, 2.75) is 33.3 Å². The third-order valence-corrected chi connectivity index (χ3v) is 4.56. The monoisotopic (exact) mass is 441 g/mol. The smallest absolute Gasteiger partial charge is 0.305 e. The molecule has 1 aromatic carbocycles. The average Bonchev–Trinajstić information content (AvgIpc) is 2.66. The van der Waals surface area contributed by atoms with Crippen molar-refractivity contribution in [3.63, 3.8) is 0 Å². The van der Waals surface area contributed by atoms with Gasteiger partial charge in [-0.25, -0.2) is 9.97 Å². The van der Waals surface area contributed by atoms with Gasteiger partial charge in [0.2, 0.25) is 0 Å². The van der Waals surface area contributed by atoms with E-state index in [1.165, 1.54) is 23.4 Å². The van der Waals surface area contributed by atoms with E-state index in [1.807, 2.05) is 6.92 Å². The predicted octanol–water partition coefficient (Wildman–Crippen LogP) is 4.15. The Morgan fingerprint density at radius 1 is 1.34 bits per heavy atom. The number of hydrogen-bond donors (Lipinski definition) is 1. The first-order valence-corrected chi connectivity index (χ1v) is 9.27. The van der Waals surface area contributed by atoms with Gasteiger partial charge in [0.05, 0.1) is 22.2 Å². The second-order valence-electron chi connectivity index (χ2n) is 6.00. The second-order valence-corrected chi connectivity index (χ2v) is 6.85. The van der Waals surface area contributed by atoms with Gasteiger partial charge in [0.25, 0.3) is 5.91 Å². The van der Waals surface area contributed by atoms with Gasteiger partial charge in [-0.2, -0.15) is 0 Å². The summed E-state index contributed by atoms with van der Waals surface area (Å²) < 4.78 is 11.4. The molecule has 0 bridgehead atoms. The summed E-state index contributed by atoms with van der Waals surface area (Å²) in [5, 5.41) is 9.57. The fourth-order valence-corrected chi connectivity index (χ4v) is 3.01. The van der Waals surface area contributed by atoms with Crippen LogP contribution in [0.25, 0.3) is 0 Å². The number of benzene rings is 1. The van der Waals surface area contributed by atoms with Crippen LogP contribution in [0.15, 0.2) is 24.5 Å². The van der Waals surface area contributed by atoms with Crippen molar-refractivity contribution in [2.24, 2.45) is 0 Å². The molecule has 0 unspecified atom stereocenters. The van der Waals surface area contributed by atoms with Crippen molar-refractivity contribution in [3.05, 3.63) is 40.4 Å². The molecule has 8 nitrogen and oxygen atoms in total. The molecule has 1 amide bonds. The third kappa shape index (κ3) is 5.27. The Labute approximate surface area is 178 Å². The molecule has 2 heterocycles. The maximum Gasteiger partial charge on any atom is 0.305 e. The Hall–Kier alpha value is -2.58. The topological polar surface area (TPSA) is 102 Å². The number of carbonyl (C=O) groups is 2. The molecule has 156 valence electrons. The van der Waals surface area contributed by atoms with Crippen LogP contribution in [-0.2, 0) is 9.59 Å². The van der Waals surface area contributed by atoms with Gasteiger partial charge >= 0.3 is 5.97 Å². The van der Waals surface area contributed by atoms with Crippen molar-refractivity contribution >= 4 is 40.8 Å². The van der Waals surface area contributed by atoms with Crippen LogP contribution >= 0.6 is 23.2 Å². The number of nitrogens with zero attached hydrogens (tertiary/aromatic N) is 3. The van der Waals surface area contributed by atoms with Crippen LogP contribution < -0.4 is 14.4 Å². The van der Waals surface area contributed by atoms with Crippen LogP contribution in [0, 0.1) is 0 Å². The zero-order valence-electron chi connectivity index (χ0n) is 14.9. The zero-order chi connectivity index (χ0) is 20.3. The van der Waals surface area contributed by atoms with Gasteiger partial charge in [0.1, 0.15) is 11.5 Å². The zero-order valence-corrected chi connectivity index (χ0v) is 16.4. The number of anilines is 1. The highest BCUT2D eigenvalue weighted by molar-refractivity contribution is 6.32. The summed E-state index contributed by atoms with van der Waals surface area (Å²) >= 11 is 12.2. The van der Waals surface area contributed by atoms with Gasteiger partial charge in [0, 0.05) is 25.0 Å². The minimum absolute atomic E-state index is 0. The maximum absolute atomic E-state index is 12.1. The first-order valence-electron chi connectivity index (χ1n) is 8.51. The minimum Gasteiger partial charge on any atom is -0.481 e. The number of rotatable bonds is 7. The molecule has 0 saturated carbocycles. The van der Waals surface area contributed by atoms with Crippen LogP contribution in [0.3, 0.4) is 0 Å². The van der Waals surface area contributed by atoms with E-state index in [1.54, 1.807) is 6.07 Å². The molecule has 0 fully saturated rings. The summed E-state index contributed by atoms with van der Waals surface area (Å²) in [6.07, 6.45) is 2.91. The van der Waals surface area contributed by atoms with Crippen molar-refractivity contribution in [1.82, 2.24) is 9.97 Å². The number of ether oxygens (including phenoxy) is 2. The van der Waals surface area contributed by atoms with Crippen LogP contribution in [0.4, 0.5) is 5.69 Å². The van der Waals surface area contributed by atoms with Gasteiger partial charge in [-0.3, -0.25) is 9.59 Å². The van der Waals surface area contributed by atoms with Gasteiger partial charge in [0.15, 0.2) is 18.5 Å². The number of aromatic nitrogens is 2. The highest BCUT2D eigenvalue weighted by Crippen LogP contribution is 2.41. The number of hydrogen-bond acceptors (Lipinski definition) is 6. The first-order chi connectivity index (χ1) is 13.4. The van der Waals surface area contributed by atoms with Gasteiger partial charge in [-0.15, -0.1) is 0 Å². The van der Waals surface area contributed by atoms with E-state index in [4.69, 9.17) is 37.8 Å². The molecule has 1 aliphatic rings. The van der Waals surface area contributed by atoms with Crippen LogP contribution in [-0.4, -0.2) is 40.1 Å². The second kappa shape index (κ2) is 9.76. The highest BCUT2D eigenvalue weighted by Gasteiger charge is 2.28. The largest absolute Gasteiger partial charge is 0.481 e. The van der Waals surface area contributed by atoms with Crippen LogP contribution in [0.2, 0.25) is 10.0 Å². The van der Waals surface area contributed by atoms with E-state index in [2.05, 4.69) is 9.97 Å². The highest BCUT2D eigenvalue weighted by atomic mass is 35.5. The number of fused-ring (bicyclic) bond motifs is 1. The Kier molecular flexibility index (Phi) is 7.64. The quantitative estimate of drug-likeness (QED) is 0.687. The summed E-state index contributed by atoms with van der Waals surface area (Å²) in [7, 11) is 0. The Morgan fingerprint density at radius 3 is 2.66 bits per heavy atom. The van der Waals surface area contributed by atoms with E-state index >= 15 is 0 Å². The predicted molar refractivity (Wildman–Crippen MR) is 109 cm³/mol. The van der Waals surface area contributed by atoms with Crippen molar-refractivity contribution < 1.29 is 24.2 Å². The fourth-order valence-electron chi connectivity index (χ4n) is 2.71. The molecule has 1 N–H and O–H groups in total. The van der Waals surface area contributed by atoms with Gasteiger partial charge in [-0.05, 0) is 12.5 Å². The number of amides is 1. The molecule has 0 spiro atoms. The van der Waals surface area contributed by atoms with E-state index in [0.717, 1.165) is 0 Å². The minimum atomic E-state index is -0.999. The summed E-state index contributed by atoms with van der Waals surface area (Å²) in [6, 6.07) is 3.11. The molecule has 0 radical (unpaired) electrons. The van der Waals surface area contributed by atoms with Gasteiger partial charge < -0.3 is 19.5 Å². The summed E-state index contributed by atoms with van der Waals surface area (Å²) in [5.74, 6) is -0.144. The van der Waals surface area contributed by atoms with Crippen LogP contribution in [0.1, 0.15) is 39.1 Å². The van der Waals surface area contributed by atoms with Crippen LogP contribution in [0.5, 0.6) is 11.5 Å². The van der Waals surface area contributed by atoms with Crippen molar-refractivity contribution in [1.29, 1.82) is 0 Å². The molecule has 0 aliphatic carbocycles. The molecule has 29 heavy (non-hydrogen) atoms. The molecular weight excluding hydrogens is 421 g/mol. The summed E-state index contributed by atoms with van der Waals surface area (Å²) in [5.41, 5.74) is 0.408. The lowest BCUT2D eigenvalue weighted by atomic mass is 10.2. The Balaban J connectivity index is 0.00000300. The van der Waals surface area contributed by atoms with Crippen molar-refractivity contribution in [3.8, 4) is 11.5 Å². The molecule has 10 heteroatoms. The first kappa shape index (κ1) is 22.7. The van der Waals surface area contributed by atoms with E-state index in [-0.39, 0.29) is 37.9 Å². The molecule has 1 atom stereocenters. The molecule has 2 aromatic rings. The summed E-state index contributed by atoms with van der Waals surface area (Å²) in [4.78, 5) is 32.7. The lowest BCUT2D eigenvalue weighted by Gasteiger charge is -2.30. The van der Waals surface area contributed by atoms with Gasteiger partial charge in [-0.1, -0.05) is 37.6 Å². The van der Waals surface area contributed by atoms with Crippen molar-refractivity contribution in [2.75, 3.05) is 18.1 Å². The number of aliphatic carboxylic acids is 1. The number of carboxylic acids is 1. The molecule has 0 saturated heterocycles.